The lowest BCUT2D eigenvalue weighted by Crippen LogP contribution is -2.26. The maximum absolute atomic E-state index is 12.3. The first kappa shape index (κ1) is 14.1. The second-order valence-electron chi connectivity index (χ2n) is 4.72. The first-order valence-corrected chi connectivity index (χ1v) is 6.54. The van der Waals surface area contributed by atoms with Crippen LogP contribution in [0.15, 0.2) is 6.20 Å². The van der Waals surface area contributed by atoms with Crippen LogP contribution in [0.2, 0.25) is 0 Å². The lowest BCUT2D eigenvalue weighted by molar-refractivity contribution is 0.0941. The van der Waals surface area contributed by atoms with Crippen LogP contribution in [-0.4, -0.2) is 25.5 Å². The molecule has 0 aliphatic carbocycles. The fourth-order valence-electron chi connectivity index (χ4n) is 2.04. The Morgan fingerprint density at radius 2 is 2.15 bits per heavy atom. The molecule has 0 fully saturated rings. The Labute approximate surface area is 117 Å². The van der Waals surface area contributed by atoms with E-state index in [-0.39, 0.29) is 5.91 Å². The van der Waals surface area contributed by atoms with E-state index in [1.54, 1.807) is 22.5 Å². The van der Waals surface area contributed by atoms with Crippen molar-refractivity contribution in [2.75, 3.05) is 5.73 Å². The SMILES string of the molecule is CCn1nc(C)c(N)c1C(=O)NCc1cnn(C)c1C. The molecular formula is C13H20N6O. The molecule has 7 heteroatoms. The first-order chi connectivity index (χ1) is 9.45. The average Bonchev–Trinajstić information content (AvgIpc) is 2.89. The first-order valence-electron chi connectivity index (χ1n) is 6.54. The van der Waals surface area contributed by atoms with Crippen LogP contribution < -0.4 is 11.1 Å². The molecule has 0 aliphatic heterocycles. The standard InChI is InChI=1S/C13H20N6O/c1-5-19-12(11(14)8(2)17-19)13(20)15-6-10-7-16-18(4)9(10)3/h7H,5-6,14H2,1-4H3,(H,15,20). The van der Waals surface area contributed by atoms with Crippen molar-refractivity contribution in [3.63, 3.8) is 0 Å². The van der Waals surface area contributed by atoms with Crippen LogP contribution in [0.25, 0.3) is 0 Å². The van der Waals surface area contributed by atoms with Crippen LogP contribution in [0.4, 0.5) is 5.69 Å². The molecule has 2 rings (SSSR count). The Bertz CT molecular complexity index is 640. The zero-order valence-electron chi connectivity index (χ0n) is 12.3. The molecule has 0 saturated carbocycles. The fraction of sp³-hybridized carbons (Fsp3) is 0.462. The highest BCUT2D eigenvalue weighted by molar-refractivity contribution is 5.97. The molecule has 2 heterocycles. The number of nitrogens with two attached hydrogens (primary N) is 1. The normalized spacial score (nSPS) is 10.8. The molecule has 0 saturated heterocycles. The maximum Gasteiger partial charge on any atom is 0.271 e. The molecule has 3 N–H and O–H groups in total. The van der Waals surface area contributed by atoms with Crippen molar-refractivity contribution in [3.05, 3.63) is 28.8 Å². The molecule has 1 amide bonds. The van der Waals surface area contributed by atoms with Crippen LogP contribution in [0, 0.1) is 13.8 Å². The number of hydrogen-bond acceptors (Lipinski definition) is 4. The van der Waals surface area contributed by atoms with Gasteiger partial charge in [-0.05, 0) is 20.8 Å². The summed E-state index contributed by atoms with van der Waals surface area (Å²) in [6.45, 7) is 6.71. The minimum atomic E-state index is -0.215. The number of aryl methyl sites for hydroxylation is 3. The number of nitrogen functional groups attached to an aromatic ring is 1. The lowest BCUT2D eigenvalue weighted by atomic mass is 10.2. The van der Waals surface area contributed by atoms with Gasteiger partial charge in [0.2, 0.25) is 0 Å². The van der Waals surface area contributed by atoms with E-state index in [0.717, 1.165) is 11.3 Å². The highest BCUT2D eigenvalue weighted by atomic mass is 16.2. The molecule has 2 aromatic heterocycles. The lowest BCUT2D eigenvalue weighted by Gasteiger charge is -2.07. The van der Waals surface area contributed by atoms with Crippen LogP contribution >= 0.6 is 0 Å². The molecule has 7 nitrogen and oxygen atoms in total. The Hall–Kier alpha value is -2.31. The molecule has 20 heavy (non-hydrogen) atoms. The number of anilines is 1. The third kappa shape index (κ3) is 2.38. The van der Waals surface area contributed by atoms with Crippen LogP contribution in [0.1, 0.15) is 34.4 Å². The van der Waals surface area contributed by atoms with E-state index in [4.69, 9.17) is 5.73 Å². The van der Waals surface area contributed by atoms with Crippen LogP contribution in [-0.2, 0) is 20.1 Å². The van der Waals surface area contributed by atoms with Gasteiger partial charge in [-0.1, -0.05) is 0 Å². The van der Waals surface area contributed by atoms with E-state index < -0.39 is 0 Å². The average molecular weight is 276 g/mol. The summed E-state index contributed by atoms with van der Waals surface area (Å²) in [7, 11) is 1.87. The Morgan fingerprint density at radius 1 is 1.45 bits per heavy atom. The van der Waals surface area contributed by atoms with Gasteiger partial charge in [-0.3, -0.25) is 14.2 Å². The summed E-state index contributed by atoms with van der Waals surface area (Å²) in [5.41, 5.74) is 9.47. The van der Waals surface area contributed by atoms with Crippen molar-refractivity contribution in [1.82, 2.24) is 24.9 Å². The van der Waals surface area contributed by atoms with Gasteiger partial charge < -0.3 is 11.1 Å². The smallest absolute Gasteiger partial charge is 0.271 e. The van der Waals surface area contributed by atoms with Gasteiger partial charge in [-0.25, -0.2) is 0 Å². The molecule has 0 bridgehead atoms. The summed E-state index contributed by atoms with van der Waals surface area (Å²) in [5.74, 6) is -0.215. The monoisotopic (exact) mass is 276 g/mol. The maximum atomic E-state index is 12.3. The summed E-state index contributed by atoms with van der Waals surface area (Å²) in [5, 5.41) is 11.3. The van der Waals surface area contributed by atoms with Gasteiger partial charge in [0.1, 0.15) is 5.69 Å². The van der Waals surface area contributed by atoms with Crippen LogP contribution in [0.3, 0.4) is 0 Å². The van der Waals surface area contributed by atoms with Gasteiger partial charge in [0.15, 0.2) is 0 Å². The van der Waals surface area contributed by atoms with E-state index in [2.05, 4.69) is 15.5 Å². The Morgan fingerprint density at radius 3 is 2.70 bits per heavy atom. The second-order valence-corrected chi connectivity index (χ2v) is 4.72. The topological polar surface area (TPSA) is 90.8 Å². The van der Waals surface area contributed by atoms with E-state index in [1.165, 1.54) is 0 Å². The number of hydrogen-bond donors (Lipinski definition) is 2. The quantitative estimate of drug-likeness (QED) is 0.862. The minimum absolute atomic E-state index is 0.215. The van der Waals surface area contributed by atoms with Gasteiger partial charge in [-0.2, -0.15) is 10.2 Å². The predicted molar refractivity (Wildman–Crippen MR) is 76.2 cm³/mol. The van der Waals surface area contributed by atoms with Gasteiger partial charge >= 0.3 is 0 Å². The third-order valence-corrected chi connectivity index (χ3v) is 3.46. The molecule has 0 aromatic carbocycles. The van der Waals surface area contributed by atoms with Crippen molar-refractivity contribution in [3.8, 4) is 0 Å². The zero-order chi connectivity index (χ0) is 14.9. The molecule has 108 valence electrons. The summed E-state index contributed by atoms with van der Waals surface area (Å²) >= 11 is 0. The van der Waals surface area contributed by atoms with Crippen molar-refractivity contribution < 1.29 is 4.79 Å². The Kier molecular flexibility index (Phi) is 3.78. The van der Waals surface area contributed by atoms with Gasteiger partial charge in [-0.15, -0.1) is 0 Å². The second kappa shape index (κ2) is 5.36. The van der Waals surface area contributed by atoms with E-state index in [1.807, 2.05) is 20.9 Å². The highest BCUT2D eigenvalue weighted by Gasteiger charge is 2.19. The van der Waals surface area contributed by atoms with Crippen molar-refractivity contribution in [2.45, 2.75) is 33.9 Å². The molecular weight excluding hydrogens is 256 g/mol. The van der Waals surface area contributed by atoms with Crippen molar-refractivity contribution in [1.29, 1.82) is 0 Å². The number of nitrogens with zero attached hydrogens (tertiary/aromatic N) is 4. The van der Waals surface area contributed by atoms with Crippen molar-refractivity contribution >= 4 is 11.6 Å². The molecule has 0 spiro atoms. The summed E-state index contributed by atoms with van der Waals surface area (Å²) < 4.78 is 3.40. The fourth-order valence-corrected chi connectivity index (χ4v) is 2.04. The van der Waals surface area contributed by atoms with E-state index in [0.29, 0.717) is 30.2 Å². The number of amides is 1. The number of aromatic nitrogens is 4. The summed E-state index contributed by atoms with van der Waals surface area (Å²) in [6, 6.07) is 0. The molecule has 0 atom stereocenters. The largest absolute Gasteiger partial charge is 0.395 e. The molecule has 2 aromatic rings. The number of carbonyl (C=O) groups excluding carboxylic acids is 1. The predicted octanol–water partition coefficient (Wildman–Crippen LogP) is 0.766. The van der Waals surface area contributed by atoms with Crippen molar-refractivity contribution in [2.24, 2.45) is 7.05 Å². The molecule has 0 radical (unpaired) electrons. The zero-order valence-corrected chi connectivity index (χ0v) is 12.3. The molecule has 0 aliphatic rings. The highest BCUT2D eigenvalue weighted by Crippen LogP contribution is 2.16. The summed E-state index contributed by atoms with van der Waals surface area (Å²) in [6.07, 6.45) is 1.75. The van der Waals surface area contributed by atoms with Crippen LogP contribution in [0.5, 0.6) is 0 Å². The Balaban J connectivity index is 2.15. The number of carbonyl (C=O) groups is 1. The molecule has 0 unspecified atom stereocenters. The number of rotatable bonds is 4. The van der Waals surface area contributed by atoms with Gasteiger partial charge in [0.25, 0.3) is 5.91 Å². The van der Waals surface area contributed by atoms with E-state index >= 15 is 0 Å². The van der Waals surface area contributed by atoms with Gasteiger partial charge in [0, 0.05) is 31.4 Å². The third-order valence-electron chi connectivity index (χ3n) is 3.46. The van der Waals surface area contributed by atoms with E-state index in [9.17, 15) is 4.79 Å². The van der Waals surface area contributed by atoms with Gasteiger partial charge in [0.05, 0.1) is 17.6 Å². The minimum Gasteiger partial charge on any atom is -0.395 e. The number of nitrogens with one attached hydrogen (secondary N) is 1. The summed E-state index contributed by atoms with van der Waals surface area (Å²) in [4.78, 5) is 12.3.